The van der Waals surface area contributed by atoms with Crippen LogP contribution in [0.25, 0.3) is 0 Å². The summed E-state index contributed by atoms with van der Waals surface area (Å²) in [7, 11) is 1.83. The fourth-order valence-electron chi connectivity index (χ4n) is 3.36. The number of hydrogen-bond acceptors (Lipinski definition) is 4. The van der Waals surface area contributed by atoms with E-state index in [1.807, 2.05) is 7.05 Å². The highest BCUT2D eigenvalue weighted by Crippen LogP contribution is 2.21. The minimum atomic E-state index is 0. The van der Waals surface area contributed by atoms with Crippen molar-refractivity contribution in [3.8, 4) is 0 Å². The van der Waals surface area contributed by atoms with Crippen LogP contribution in [0.4, 0.5) is 0 Å². The average molecular weight is 514 g/mol. The van der Waals surface area contributed by atoms with E-state index in [-0.39, 0.29) is 24.0 Å². The van der Waals surface area contributed by atoms with Crippen molar-refractivity contribution in [2.75, 3.05) is 46.4 Å². The first-order chi connectivity index (χ1) is 13.3. The third-order valence-corrected chi connectivity index (χ3v) is 5.75. The lowest BCUT2D eigenvalue weighted by molar-refractivity contribution is 0.0170. The Kier molecular flexibility index (Phi) is 10.3. The largest absolute Gasteiger partial charge is 0.379 e. The number of guanidine groups is 1. The molecule has 1 aliphatic rings. The molecule has 5 nitrogen and oxygen atoms in total. The Hall–Kier alpha value is -1.16. The molecular weight excluding hydrogens is 483 g/mol. The average Bonchev–Trinajstić information content (AvgIpc) is 3.27. The van der Waals surface area contributed by atoms with Crippen LogP contribution in [0.3, 0.4) is 0 Å². The number of nitrogens with one attached hydrogen (secondary N) is 2. The zero-order chi connectivity index (χ0) is 18.9. The molecule has 2 unspecified atom stereocenters. The molecule has 1 aromatic heterocycles. The Bertz CT molecular complexity index is 690. The van der Waals surface area contributed by atoms with Gasteiger partial charge in [-0.15, -0.1) is 24.0 Å². The van der Waals surface area contributed by atoms with Gasteiger partial charge in [0.25, 0.3) is 0 Å². The van der Waals surface area contributed by atoms with Gasteiger partial charge < -0.3 is 15.4 Å². The molecule has 154 valence electrons. The zero-order valence-corrected chi connectivity index (χ0v) is 19.8. The fraction of sp³-hybridized carbons (Fsp3) is 0.476. The summed E-state index contributed by atoms with van der Waals surface area (Å²) in [6, 6.07) is 13.2. The summed E-state index contributed by atoms with van der Waals surface area (Å²) in [5.74, 6) is 1.31. The topological polar surface area (TPSA) is 48.9 Å². The second kappa shape index (κ2) is 12.4. The lowest BCUT2D eigenvalue weighted by atomic mass is 10.0. The SMILES string of the molecule is CN=C(NCC(C)c1ccsc1)NCC(c1ccccc1)N1CCOCC1.I. The van der Waals surface area contributed by atoms with Gasteiger partial charge in [-0.2, -0.15) is 11.3 Å². The van der Waals surface area contributed by atoms with E-state index in [0.717, 1.165) is 45.4 Å². The van der Waals surface area contributed by atoms with Gasteiger partial charge in [-0.25, -0.2) is 0 Å². The van der Waals surface area contributed by atoms with Crippen molar-refractivity contribution >= 4 is 41.3 Å². The van der Waals surface area contributed by atoms with Crippen LogP contribution in [0.5, 0.6) is 0 Å². The van der Waals surface area contributed by atoms with Crippen LogP contribution < -0.4 is 10.6 Å². The van der Waals surface area contributed by atoms with Crippen LogP contribution >= 0.6 is 35.3 Å². The maximum atomic E-state index is 5.54. The van der Waals surface area contributed by atoms with Crippen LogP contribution in [-0.4, -0.2) is 57.3 Å². The Balaban J connectivity index is 0.00000280. The number of hydrogen-bond donors (Lipinski definition) is 2. The standard InChI is InChI=1S/C21H30N4OS.HI/c1-17(19-8-13-27-16-19)14-23-21(22-2)24-15-20(18-6-4-3-5-7-18)25-9-11-26-12-10-25;/h3-8,13,16-17,20H,9-12,14-15H2,1-2H3,(H2,22,23,24);1H. The predicted octanol–water partition coefficient (Wildman–Crippen LogP) is 3.71. The molecule has 28 heavy (non-hydrogen) atoms. The summed E-state index contributed by atoms with van der Waals surface area (Å²) >= 11 is 1.75. The molecule has 0 saturated carbocycles. The van der Waals surface area contributed by atoms with E-state index < -0.39 is 0 Å². The lowest BCUT2D eigenvalue weighted by Gasteiger charge is -2.35. The summed E-state index contributed by atoms with van der Waals surface area (Å²) in [6.45, 7) is 7.44. The summed E-state index contributed by atoms with van der Waals surface area (Å²) < 4.78 is 5.54. The van der Waals surface area contributed by atoms with E-state index in [9.17, 15) is 0 Å². The highest BCUT2D eigenvalue weighted by molar-refractivity contribution is 14.0. The molecule has 0 radical (unpaired) electrons. The molecule has 2 N–H and O–H groups in total. The monoisotopic (exact) mass is 514 g/mol. The van der Waals surface area contributed by atoms with E-state index in [0.29, 0.717) is 12.0 Å². The van der Waals surface area contributed by atoms with Gasteiger partial charge >= 0.3 is 0 Å². The molecule has 7 heteroatoms. The first kappa shape index (κ1) is 23.1. The van der Waals surface area contributed by atoms with Gasteiger partial charge in [-0.1, -0.05) is 37.3 Å². The number of morpholine rings is 1. The quantitative estimate of drug-likeness (QED) is 0.336. The minimum absolute atomic E-state index is 0. The van der Waals surface area contributed by atoms with Gasteiger partial charge in [0.05, 0.1) is 19.3 Å². The molecular formula is C21H31IN4OS. The zero-order valence-electron chi connectivity index (χ0n) is 16.6. The number of benzene rings is 1. The number of thiophene rings is 1. The van der Waals surface area contributed by atoms with Crippen molar-refractivity contribution in [3.05, 3.63) is 58.3 Å². The predicted molar refractivity (Wildman–Crippen MR) is 129 cm³/mol. The lowest BCUT2D eigenvalue weighted by Crippen LogP contribution is -2.46. The van der Waals surface area contributed by atoms with Crippen molar-refractivity contribution in [2.24, 2.45) is 4.99 Å². The second-order valence-corrected chi connectivity index (χ2v) is 7.65. The molecule has 0 bridgehead atoms. The highest BCUT2D eigenvalue weighted by atomic mass is 127. The van der Waals surface area contributed by atoms with E-state index >= 15 is 0 Å². The molecule has 1 aliphatic heterocycles. The van der Waals surface area contributed by atoms with Crippen molar-refractivity contribution in [1.29, 1.82) is 0 Å². The minimum Gasteiger partial charge on any atom is -0.379 e. The maximum absolute atomic E-state index is 5.54. The summed E-state index contributed by atoms with van der Waals surface area (Å²) in [5, 5.41) is 11.3. The summed E-state index contributed by atoms with van der Waals surface area (Å²) in [4.78, 5) is 6.90. The molecule has 0 spiro atoms. The first-order valence-electron chi connectivity index (χ1n) is 9.61. The Morgan fingerprint density at radius 1 is 1.11 bits per heavy atom. The Labute approximate surface area is 189 Å². The Morgan fingerprint density at radius 3 is 2.46 bits per heavy atom. The third-order valence-electron chi connectivity index (χ3n) is 5.05. The van der Waals surface area contributed by atoms with E-state index in [4.69, 9.17) is 4.74 Å². The first-order valence-corrected chi connectivity index (χ1v) is 10.6. The third kappa shape index (κ3) is 6.72. The number of halogens is 1. The highest BCUT2D eigenvalue weighted by Gasteiger charge is 2.22. The fourth-order valence-corrected chi connectivity index (χ4v) is 4.14. The van der Waals surface area contributed by atoms with Crippen LogP contribution in [0, 0.1) is 0 Å². The Morgan fingerprint density at radius 2 is 1.82 bits per heavy atom. The molecule has 2 heterocycles. The van der Waals surface area contributed by atoms with Gasteiger partial charge in [0.2, 0.25) is 0 Å². The number of nitrogens with zero attached hydrogens (tertiary/aromatic N) is 2. The molecule has 0 aliphatic carbocycles. The maximum Gasteiger partial charge on any atom is 0.191 e. The summed E-state index contributed by atoms with van der Waals surface area (Å²) in [6.07, 6.45) is 0. The van der Waals surface area contributed by atoms with Crippen LogP contribution in [0.15, 0.2) is 52.2 Å². The van der Waals surface area contributed by atoms with Crippen molar-refractivity contribution in [1.82, 2.24) is 15.5 Å². The molecule has 2 atom stereocenters. The van der Waals surface area contributed by atoms with E-state index in [1.165, 1.54) is 11.1 Å². The van der Waals surface area contributed by atoms with Crippen LogP contribution in [0.2, 0.25) is 0 Å². The van der Waals surface area contributed by atoms with Crippen molar-refractivity contribution in [2.45, 2.75) is 18.9 Å². The second-order valence-electron chi connectivity index (χ2n) is 6.87. The molecule has 1 fully saturated rings. The van der Waals surface area contributed by atoms with Gasteiger partial charge in [0.15, 0.2) is 5.96 Å². The van der Waals surface area contributed by atoms with Gasteiger partial charge in [-0.05, 0) is 33.9 Å². The van der Waals surface area contributed by atoms with Crippen molar-refractivity contribution < 1.29 is 4.74 Å². The number of rotatable bonds is 7. The summed E-state index contributed by atoms with van der Waals surface area (Å²) in [5.41, 5.74) is 2.70. The van der Waals surface area contributed by atoms with Gasteiger partial charge in [0.1, 0.15) is 0 Å². The smallest absolute Gasteiger partial charge is 0.191 e. The van der Waals surface area contributed by atoms with E-state index in [2.05, 4.69) is 74.6 Å². The molecule has 3 rings (SSSR count). The molecule has 1 saturated heterocycles. The molecule has 1 aromatic carbocycles. The van der Waals surface area contributed by atoms with Crippen LogP contribution in [0.1, 0.15) is 30.0 Å². The number of aliphatic imine (C=N–C) groups is 1. The number of ether oxygens (including phenoxy) is 1. The van der Waals surface area contributed by atoms with Crippen molar-refractivity contribution in [3.63, 3.8) is 0 Å². The normalized spacial score (nSPS) is 17.4. The van der Waals surface area contributed by atoms with Crippen LogP contribution in [-0.2, 0) is 4.74 Å². The van der Waals surface area contributed by atoms with Gasteiger partial charge in [0, 0.05) is 33.2 Å². The van der Waals surface area contributed by atoms with E-state index in [1.54, 1.807) is 11.3 Å². The van der Waals surface area contributed by atoms with Gasteiger partial charge in [-0.3, -0.25) is 9.89 Å². The molecule has 0 amide bonds. The molecule has 2 aromatic rings.